The highest BCUT2D eigenvalue weighted by molar-refractivity contribution is 5.94. The molecule has 2 fully saturated rings. The number of hydrogen-bond acceptors (Lipinski definition) is 3. The summed E-state index contributed by atoms with van der Waals surface area (Å²) in [4.78, 5) is 17.0. The molecular formula is C25H32N2O2. The molecule has 2 aromatic rings. The Balaban J connectivity index is 1.19. The number of ether oxygens (including phenoxy) is 1. The fourth-order valence-corrected chi connectivity index (χ4v) is 4.84. The average Bonchev–Trinajstić information content (AvgIpc) is 3.34. The maximum Gasteiger partial charge on any atom is 0.253 e. The summed E-state index contributed by atoms with van der Waals surface area (Å²) in [7, 11) is 1.84. The van der Waals surface area contributed by atoms with Crippen LogP contribution in [0.15, 0.2) is 54.6 Å². The summed E-state index contributed by atoms with van der Waals surface area (Å²) >= 11 is 0. The first-order valence-electron chi connectivity index (χ1n) is 10.9. The minimum absolute atomic E-state index is 0.0278. The van der Waals surface area contributed by atoms with E-state index >= 15 is 0 Å². The Kier molecular flexibility index (Phi) is 6.50. The second-order valence-corrected chi connectivity index (χ2v) is 8.58. The molecule has 4 nitrogen and oxygen atoms in total. The lowest BCUT2D eigenvalue weighted by atomic mass is 10.0. The van der Waals surface area contributed by atoms with Crippen LogP contribution in [0.2, 0.25) is 0 Å². The van der Waals surface area contributed by atoms with E-state index in [1.54, 1.807) is 4.90 Å². The lowest BCUT2D eigenvalue weighted by Crippen LogP contribution is -2.26. The first kappa shape index (κ1) is 20.0. The molecule has 0 bridgehead atoms. The normalized spacial score (nSPS) is 21.1. The van der Waals surface area contributed by atoms with Gasteiger partial charge in [-0.2, -0.15) is 0 Å². The molecule has 0 aromatic heterocycles. The van der Waals surface area contributed by atoms with Crippen molar-refractivity contribution in [2.24, 2.45) is 11.8 Å². The van der Waals surface area contributed by atoms with E-state index in [-0.39, 0.29) is 5.91 Å². The minimum Gasteiger partial charge on any atom is -0.494 e. The van der Waals surface area contributed by atoms with Gasteiger partial charge in [-0.3, -0.25) is 4.79 Å². The van der Waals surface area contributed by atoms with Crippen molar-refractivity contribution in [3.8, 4) is 5.75 Å². The summed E-state index contributed by atoms with van der Waals surface area (Å²) in [5.74, 6) is 2.78. The van der Waals surface area contributed by atoms with Crippen molar-refractivity contribution >= 4 is 5.91 Å². The Morgan fingerprint density at radius 1 is 1.03 bits per heavy atom. The van der Waals surface area contributed by atoms with E-state index in [1.807, 2.05) is 61.6 Å². The van der Waals surface area contributed by atoms with Crippen LogP contribution in [-0.4, -0.2) is 49.0 Å². The largest absolute Gasteiger partial charge is 0.494 e. The topological polar surface area (TPSA) is 32.8 Å². The highest BCUT2D eigenvalue weighted by Gasteiger charge is 2.35. The quantitative estimate of drug-likeness (QED) is 0.622. The lowest BCUT2D eigenvalue weighted by molar-refractivity contribution is 0.0785. The number of fused-ring (bicyclic) bond motifs is 1. The van der Waals surface area contributed by atoms with Crippen molar-refractivity contribution in [3.05, 3.63) is 65.7 Å². The molecular weight excluding hydrogens is 360 g/mol. The van der Waals surface area contributed by atoms with Crippen molar-refractivity contribution in [1.82, 2.24) is 9.80 Å². The smallest absolute Gasteiger partial charge is 0.253 e. The minimum atomic E-state index is 0.0278. The van der Waals surface area contributed by atoms with Gasteiger partial charge in [0.25, 0.3) is 5.91 Å². The van der Waals surface area contributed by atoms with Crippen molar-refractivity contribution < 1.29 is 9.53 Å². The van der Waals surface area contributed by atoms with Crippen LogP contribution in [-0.2, 0) is 6.54 Å². The third-order valence-corrected chi connectivity index (χ3v) is 6.40. The molecule has 1 heterocycles. The van der Waals surface area contributed by atoms with Crippen LogP contribution in [0.5, 0.6) is 5.75 Å². The van der Waals surface area contributed by atoms with E-state index in [9.17, 15) is 4.79 Å². The van der Waals surface area contributed by atoms with Crippen LogP contribution in [0.3, 0.4) is 0 Å². The maximum atomic E-state index is 12.6. The van der Waals surface area contributed by atoms with Gasteiger partial charge in [0.15, 0.2) is 0 Å². The number of amides is 1. The molecule has 1 saturated heterocycles. The van der Waals surface area contributed by atoms with Crippen LogP contribution < -0.4 is 4.74 Å². The first-order chi connectivity index (χ1) is 14.2. The number of rotatable bonds is 8. The molecule has 29 heavy (non-hydrogen) atoms. The van der Waals surface area contributed by atoms with Crippen LogP contribution in [0.25, 0.3) is 0 Å². The SMILES string of the molecule is CN(Cc1ccccc1)C(=O)c1ccc(OCCCN2CC3CCCC3C2)cc1. The Labute approximate surface area is 174 Å². The molecule has 2 aliphatic rings. The molecule has 0 N–H and O–H groups in total. The van der Waals surface area contributed by atoms with Gasteiger partial charge in [0.2, 0.25) is 0 Å². The van der Waals surface area contributed by atoms with Gasteiger partial charge in [-0.05, 0) is 60.9 Å². The molecule has 4 heteroatoms. The Morgan fingerprint density at radius 3 is 2.41 bits per heavy atom. The molecule has 4 rings (SSSR count). The molecule has 2 atom stereocenters. The zero-order valence-electron chi connectivity index (χ0n) is 17.4. The van der Waals surface area contributed by atoms with Gasteiger partial charge in [-0.1, -0.05) is 36.8 Å². The molecule has 154 valence electrons. The molecule has 1 amide bonds. The Morgan fingerprint density at radius 2 is 1.72 bits per heavy atom. The summed E-state index contributed by atoms with van der Waals surface area (Å²) < 4.78 is 5.90. The third-order valence-electron chi connectivity index (χ3n) is 6.40. The molecule has 2 unspecified atom stereocenters. The summed E-state index contributed by atoms with van der Waals surface area (Å²) in [5.41, 5.74) is 1.82. The van der Waals surface area contributed by atoms with E-state index in [0.29, 0.717) is 12.1 Å². The number of nitrogens with zero attached hydrogens (tertiary/aromatic N) is 2. The lowest BCUT2D eigenvalue weighted by Gasteiger charge is -2.18. The van der Waals surface area contributed by atoms with Crippen molar-refractivity contribution in [1.29, 1.82) is 0 Å². The fraction of sp³-hybridized carbons (Fsp3) is 0.480. The zero-order chi connectivity index (χ0) is 20.1. The maximum absolute atomic E-state index is 12.6. The van der Waals surface area contributed by atoms with E-state index < -0.39 is 0 Å². The first-order valence-corrected chi connectivity index (χ1v) is 10.9. The van der Waals surface area contributed by atoms with E-state index in [4.69, 9.17) is 4.74 Å². The van der Waals surface area contributed by atoms with Crippen LogP contribution in [0, 0.1) is 11.8 Å². The van der Waals surface area contributed by atoms with Gasteiger partial charge in [-0.25, -0.2) is 0 Å². The number of benzene rings is 2. The number of carbonyl (C=O) groups is 1. The second kappa shape index (κ2) is 9.45. The van der Waals surface area contributed by atoms with E-state index in [2.05, 4.69) is 4.90 Å². The number of hydrogen-bond donors (Lipinski definition) is 0. The third kappa shape index (κ3) is 5.18. The summed E-state index contributed by atoms with van der Waals surface area (Å²) in [6, 6.07) is 17.6. The predicted molar refractivity (Wildman–Crippen MR) is 116 cm³/mol. The fourth-order valence-electron chi connectivity index (χ4n) is 4.84. The Hall–Kier alpha value is -2.33. The van der Waals surface area contributed by atoms with Gasteiger partial charge >= 0.3 is 0 Å². The highest BCUT2D eigenvalue weighted by Crippen LogP contribution is 2.37. The second-order valence-electron chi connectivity index (χ2n) is 8.58. The van der Waals surface area contributed by atoms with Gasteiger partial charge in [0, 0.05) is 38.8 Å². The van der Waals surface area contributed by atoms with Crippen molar-refractivity contribution in [2.45, 2.75) is 32.2 Å². The monoisotopic (exact) mass is 392 g/mol. The summed E-state index contributed by atoms with van der Waals surface area (Å²) in [5, 5.41) is 0. The van der Waals surface area contributed by atoms with Crippen molar-refractivity contribution in [3.63, 3.8) is 0 Å². The van der Waals surface area contributed by atoms with Crippen LogP contribution in [0.1, 0.15) is 41.6 Å². The highest BCUT2D eigenvalue weighted by atomic mass is 16.5. The summed E-state index contributed by atoms with van der Waals surface area (Å²) in [6.07, 6.45) is 5.36. The number of likely N-dealkylation sites (tertiary alicyclic amines) is 1. The molecule has 1 aliphatic heterocycles. The van der Waals surface area contributed by atoms with Gasteiger partial charge in [0.05, 0.1) is 6.61 Å². The van der Waals surface area contributed by atoms with Crippen LogP contribution in [0.4, 0.5) is 0 Å². The standard InChI is InChI=1S/C25H32N2O2/c1-26(17-20-7-3-2-4-8-20)25(28)21-11-13-24(14-12-21)29-16-6-15-27-18-22-9-5-10-23(22)19-27/h2-4,7-8,11-14,22-23H,5-6,9-10,15-19H2,1H3. The zero-order valence-corrected chi connectivity index (χ0v) is 17.4. The van der Waals surface area contributed by atoms with Crippen LogP contribution >= 0.6 is 0 Å². The average molecular weight is 393 g/mol. The summed E-state index contributed by atoms with van der Waals surface area (Å²) in [6.45, 7) is 5.05. The predicted octanol–water partition coefficient (Wildman–Crippen LogP) is 4.46. The Bertz CT molecular complexity index is 778. The van der Waals surface area contributed by atoms with Gasteiger partial charge < -0.3 is 14.5 Å². The van der Waals surface area contributed by atoms with E-state index in [0.717, 1.165) is 42.7 Å². The molecule has 1 aliphatic carbocycles. The number of carbonyl (C=O) groups excluding carboxylic acids is 1. The van der Waals surface area contributed by atoms with E-state index in [1.165, 1.54) is 32.4 Å². The molecule has 0 spiro atoms. The molecule has 0 radical (unpaired) electrons. The molecule has 1 saturated carbocycles. The van der Waals surface area contributed by atoms with Crippen molar-refractivity contribution in [2.75, 3.05) is 33.3 Å². The molecule has 2 aromatic carbocycles. The van der Waals surface area contributed by atoms with Gasteiger partial charge in [-0.15, -0.1) is 0 Å². The van der Waals surface area contributed by atoms with Gasteiger partial charge in [0.1, 0.15) is 5.75 Å².